The van der Waals surface area contributed by atoms with Crippen LogP contribution in [0.4, 0.5) is 15.9 Å². The summed E-state index contributed by atoms with van der Waals surface area (Å²) >= 11 is 0. The minimum Gasteiger partial charge on any atom is -0.481 e. The van der Waals surface area contributed by atoms with Crippen molar-refractivity contribution < 1.29 is 18.7 Å². The zero-order chi connectivity index (χ0) is 17.6. The molecule has 1 aromatic heterocycles. The molecule has 0 bridgehead atoms. The molecule has 1 aliphatic rings. The fourth-order valence-corrected chi connectivity index (χ4v) is 2.47. The summed E-state index contributed by atoms with van der Waals surface area (Å²) in [7, 11) is 0. The maximum Gasteiger partial charge on any atom is 0.266 e. The topological polar surface area (TPSA) is 63.7 Å². The van der Waals surface area contributed by atoms with Crippen molar-refractivity contribution in [1.82, 2.24) is 4.98 Å². The second-order valence-corrected chi connectivity index (χ2v) is 5.70. The van der Waals surface area contributed by atoms with Crippen LogP contribution in [0.1, 0.15) is 6.92 Å². The highest BCUT2D eigenvalue weighted by atomic mass is 19.1. The standard InChI is InChI=1S/C18H20FN3O3/c1-13(25-16-5-2-14(19)3-6-16)18(23)21-17-7-4-15(12-20-17)22-8-10-24-11-9-22/h2-7,12-13H,8-11H2,1H3,(H,20,21,23)/t13-/m1/s1. The first-order chi connectivity index (χ1) is 12.1. The van der Waals surface area contributed by atoms with Crippen molar-refractivity contribution in [3.05, 3.63) is 48.4 Å². The molecule has 1 aliphatic heterocycles. The van der Waals surface area contributed by atoms with Gasteiger partial charge in [-0.2, -0.15) is 0 Å². The van der Waals surface area contributed by atoms with Crippen LogP contribution >= 0.6 is 0 Å². The molecule has 132 valence electrons. The molecule has 0 saturated carbocycles. The molecule has 25 heavy (non-hydrogen) atoms. The highest BCUT2D eigenvalue weighted by Gasteiger charge is 2.16. The number of aromatic nitrogens is 1. The molecule has 6 nitrogen and oxygen atoms in total. The van der Waals surface area contributed by atoms with E-state index in [2.05, 4.69) is 15.2 Å². The molecular formula is C18H20FN3O3. The van der Waals surface area contributed by atoms with Crippen LogP contribution in [0.25, 0.3) is 0 Å². The Hall–Kier alpha value is -2.67. The van der Waals surface area contributed by atoms with E-state index in [0.29, 0.717) is 24.8 Å². The predicted molar refractivity (Wildman–Crippen MR) is 92.4 cm³/mol. The summed E-state index contributed by atoms with van der Waals surface area (Å²) in [6, 6.07) is 9.20. The quantitative estimate of drug-likeness (QED) is 0.902. The summed E-state index contributed by atoms with van der Waals surface area (Å²) < 4.78 is 23.7. The van der Waals surface area contributed by atoms with Crippen molar-refractivity contribution in [2.24, 2.45) is 0 Å². The van der Waals surface area contributed by atoms with Crippen LogP contribution in [0.3, 0.4) is 0 Å². The highest BCUT2D eigenvalue weighted by Crippen LogP contribution is 2.17. The number of hydrogen-bond donors (Lipinski definition) is 1. The van der Waals surface area contributed by atoms with Gasteiger partial charge in [0.1, 0.15) is 17.4 Å². The molecular weight excluding hydrogens is 325 g/mol. The number of rotatable bonds is 5. The van der Waals surface area contributed by atoms with E-state index in [0.717, 1.165) is 18.8 Å². The monoisotopic (exact) mass is 345 g/mol. The van der Waals surface area contributed by atoms with Gasteiger partial charge in [-0.1, -0.05) is 0 Å². The molecule has 1 aromatic carbocycles. The van der Waals surface area contributed by atoms with Crippen molar-refractivity contribution >= 4 is 17.4 Å². The number of carbonyl (C=O) groups excluding carboxylic acids is 1. The number of anilines is 2. The molecule has 0 aliphatic carbocycles. The zero-order valence-electron chi connectivity index (χ0n) is 13.9. The van der Waals surface area contributed by atoms with Crippen molar-refractivity contribution in [2.45, 2.75) is 13.0 Å². The van der Waals surface area contributed by atoms with Crippen molar-refractivity contribution in [3.63, 3.8) is 0 Å². The Bertz CT molecular complexity index is 701. The Labute approximate surface area is 145 Å². The van der Waals surface area contributed by atoms with Crippen LogP contribution < -0.4 is 15.0 Å². The number of nitrogens with zero attached hydrogens (tertiary/aromatic N) is 2. The Morgan fingerprint density at radius 3 is 2.60 bits per heavy atom. The predicted octanol–water partition coefficient (Wildman–Crippen LogP) is 2.46. The van der Waals surface area contributed by atoms with E-state index >= 15 is 0 Å². The first-order valence-electron chi connectivity index (χ1n) is 8.13. The van der Waals surface area contributed by atoms with Crippen LogP contribution in [0.15, 0.2) is 42.6 Å². The summed E-state index contributed by atoms with van der Waals surface area (Å²) in [6.45, 7) is 4.69. The Balaban J connectivity index is 1.55. The first kappa shape index (κ1) is 17.2. The largest absolute Gasteiger partial charge is 0.481 e. The highest BCUT2D eigenvalue weighted by molar-refractivity contribution is 5.93. The third-order valence-electron chi connectivity index (χ3n) is 3.87. The number of ether oxygens (including phenoxy) is 2. The second kappa shape index (κ2) is 7.94. The molecule has 1 fully saturated rings. The number of nitrogens with one attached hydrogen (secondary N) is 1. The van der Waals surface area contributed by atoms with Gasteiger partial charge < -0.3 is 19.7 Å². The number of amides is 1. The summed E-state index contributed by atoms with van der Waals surface area (Å²) in [6.07, 6.45) is 0.998. The van der Waals surface area contributed by atoms with Crippen LogP contribution in [0.5, 0.6) is 5.75 Å². The van der Waals surface area contributed by atoms with Crippen molar-refractivity contribution in [2.75, 3.05) is 36.5 Å². The Morgan fingerprint density at radius 1 is 1.24 bits per heavy atom. The summed E-state index contributed by atoms with van der Waals surface area (Å²) in [5.41, 5.74) is 0.997. The Morgan fingerprint density at radius 2 is 1.96 bits per heavy atom. The second-order valence-electron chi connectivity index (χ2n) is 5.70. The van der Waals surface area contributed by atoms with Crippen molar-refractivity contribution in [3.8, 4) is 5.75 Å². The van der Waals surface area contributed by atoms with Crippen molar-refractivity contribution in [1.29, 1.82) is 0 Å². The van der Waals surface area contributed by atoms with E-state index in [-0.39, 0.29) is 11.7 Å². The van der Waals surface area contributed by atoms with E-state index in [1.165, 1.54) is 24.3 Å². The van der Waals surface area contributed by atoms with Gasteiger partial charge in [0.05, 0.1) is 25.1 Å². The fraction of sp³-hybridized carbons (Fsp3) is 0.333. The van der Waals surface area contributed by atoms with Crippen LogP contribution in [0.2, 0.25) is 0 Å². The van der Waals surface area contributed by atoms with Crippen LogP contribution in [0, 0.1) is 5.82 Å². The average molecular weight is 345 g/mol. The van der Waals surface area contributed by atoms with E-state index in [1.54, 1.807) is 19.2 Å². The summed E-state index contributed by atoms with van der Waals surface area (Å²) in [5, 5.41) is 2.71. The minimum absolute atomic E-state index is 0.323. The lowest BCUT2D eigenvalue weighted by molar-refractivity contribution is -0.122. The van der Waals surface area contributed by atoms with Gasteiger partial charge in [0.2, 0.25) is 0 Å². The van der Waals surface area contributed by atoms with E-state index < -0.39 is 6.10 Å². The summed E-state index contributed by atoms with van der Waals surface area (Å²) in [4.78, 5) is 18.7. The van der Waals surface area contributed by atoms with Gasteiger partial charge in [-0.15, -0.1) is 0 Å². The SMILES string of the molecule is C[C@@H](Oc1ccc(F)cc1)C(=O)Nc1ccc(N2CCOCC2)cn1. The summed E-state index contributed by atoms with van der Waals surface area (Å²) in [5.74, 6) is 0.209. The van der Waals surface area contributed by atoms with Crippen LogP contribution in [-0.4, -0.2) is 43.3 Å². The maximum absolute atomic E-state index is 12.9. The molecule has 1 amide bonds. The third kappa shape index (κ3) is 4.67. The van der Waals surface area contributed by atoms with Gasteiger partial charge >= 0.3 is 0 Å². The molecule has 7 heteroatoms. The van der Waals surface area contributed by atoms with Gasteiger partial charge in [-0.3, -0.25) is 4.79 Å². The molecule has 2 heterocycles. The lowest BCUT2D eigenvalue weighted by atomic mass is 10.3. The molecule has 0 unspecified atom stereocenters. The molecule has 3 rings (SSSR count). The molecule has 0 spiro atoms. The number of morpholine rings is 1. The lowest BCUT2D eigenvalue weighted by Gasteiger charge is -2.28. The number of benzene rings is 1. The normalized spacial score (nSPS) is 15.5. The number of carbonyl (C=O) groups is 1. The maximum atomic E-state index is 12.9. The van der Waals surface area contributed by atoms with Gasteiger partial charge in [0.15, 0.2) is 6.10 Å². The molecule has 1 atom stereocenters. The smallest absolute Gasteiger partial charge is 0.266 e. The van der Waals surface area contributed by atoms with Gasteiger partial charge in [0.25, 0.3) is 5.91 Å². The average Bonchev–Trinajstić information content (AvgIpc) is 2.65. The molecule has 2 aromatic rings. The van der Waals surface area contributed by atoms with E-state index in [9.17, 15) is 9.18 Å². The fourth-order valence-electron chi connectivity index (χ4n) is 2.47. The van der Waals surface area contributed by atoms with Gasteiger partial charge in [-0.25, -0.2) is 9.37 Å². The number of halogens is 1. The van der Waals surface area contributed by atoms with Crippen LogP contribution in [-0.2, 0) is 9.53 Å². The van der Waals surface area contributed by atoms with Gasteiger partial charge in [-0.05, 0) is 43.3 Å². The number of pyridine rings is 1. The minimum atomic E-state index is -0.730. The third-order valence-corrected chi connectivity index (χ3v) is 3.87. The lowest BCUT2D eigenvalue weighted by Crippen LogP contribution is -2.36. The Kier molecular flexibility index (Phi) is 5.45. The molecule has 1 saturated heterocycles. The number of hydrogen-bond acceptors (Lipinski definition) is 5. The van der Waals surface area contributed by atoms with Gasteiger partial charge in [0, 0.05) is 13.1 Å². The molecule has 1 N–H and O–H groups in total. The first-order valence-corrected chi connectivity index (χ1v) is 8.13. The van der Waals surface area contributed by atoms with E-state index in [1.807, 2.05) is 6.07 Å². The molecule has 0 radical (unpaired) electrons. The van der Waals surface area contributed by atoms with E-state index in [4.69, 9.17) is 9.47 Å². The zero-order valence-corrected chi connectivity index (χ0v) is 13.9.